The molecule has 0 unspecified atom stereocenters. The summed E-state index contributed by atoms with van der Waals surface area (Å²) in [5.74, 6) is 1.03. The molecule has 3 saturated heterocycles. The van der Waals surface area contributed by atoms with E-state index in [1.54, 1.807) is 25.3 Å². The molecule has 3 aliphatic rings. The van der Waals surface area contributed by atoms with Gasteiger partial charge in [-0.05, 0) is 93.7 Å². The van der Waals surface area contributed by atoms with Crippen molar-refractivity contribution in [3.8, 4) is 17.2 Å². The quantitative estimate of drug-likeness (QED) is 0.198. The summed E-state index contributed by atoms with van der Waals surface area (Å²) in [5, 5.41) is 0.962. The monoisotopic (exact) mass is 831 g/mol. The Balaban J connectivity index is 0.00000600. The molecule has 4 heterocycles. The van der Waals surface area contributed by atoms with Gasteiger partial charge in [0.05, 0.1) is 49.9 Å². The van der Waals surface area contributed by atoms with Crippen LogP contribution in [0.3, 0.4) is 0 Å². The zero-order valence-electron chi connectivity index (χ0n) is 32.6. The standard InChI is InChI=1S/C41H51Cl2N5O7.ClH/c1-5-55-36(49)27-46-19-21-47(22-20-46)39(51)41(31-7-6-14-44-26-31)12-16-45(17-13-41)15-10-40(30-8-9-32(42)33(43)25-30)11-18-48(28-40)38(50)29-23-34(52-2)37(54-4)35(24-29)53-3;/h6-9,14,23-26H,5,10-13,15-22,27-28H2,1-4H3;1H/t40-;/m0./s1. The van der Waals surface area contributed by atoms with Gasteiger partial charge in [-0.1, -0.05) is 35.3 Å². The van der Waals surface area contributed by atoms with Crippen molar-refractivity contribution in [1.82, 2.24) is 24.6 Å². The Morgan fingerprint density at radius 1 is 0.786 bits per heavy atom. The third-order valence-electron chi connectivity index (χ3n) is 11.6. The molecule has 2 amide bonds. The van der Waals surface area contributed by atoms with Crippen molar-refractivity contribution in [2.24, 2.45) is 0 Å². The number of benzene rings is 2. The number of carbonyl (C=O) groups is 3. The summed E-state index contributed by atoms with van der Waals surface area (Å²) in [6, 6.07) is 13.1. The van der Waals surface area contributed by atoms with Gasteiger partial charge >= 0.3 is 5.97 Å². The second kappa shape index (κ2) is 19.1. The van der Waals surface area contributed by atoms with Crippen molar-refractivity contribution in [3.63, 3.8) is 0 Å². The number of aromatic nitrogens is 1. The third kappa shape index (κ3) is 9.15. The number of nitrogens with zero attached hydrogens (tertiary/aromatic N) is 5. The maximum Gasteiger partial charge on any atom is 0.320 e. The summed E-state index contributed by atoms with van der Waals surface area (Å²) in [7, 11) is 4.60. The minimum absolute atomic E-state index is 0. The van der Waals surface area contributed by atoms with Crippen molar-refractivity contribution < 1.29 is 33.3 Å². The van der Waals surface area contributed by atoms with Gasteiger partial charge in [0.2, 0.25) is 11.7 Å². The minimum Gasteiger partial charge on any atom is -0.493 e. The highest BCUT2D eigenvalue weighted by Crippen LogP contribution is 2.44. The SMILES string of the molecule is CCOC(=O)CN1CCN(C(=O)C2(c3cccnc3)CCN(CC[C@]3(c4ccc(Cl)c(Cl)c4)CCN(C(=O)c4cc(OC)c(OC)c(OC)c4)C3)CC2)CC1.Cl. The van der Waals surface area contributed by atoms with Gasteiger partial charge in [-0.15, -0.1) is 12.4 Å². The van der Waals surface area contributed by atoms with Crippen LogP contribution in [-0.2, 0) is 25.2 Å². The lowest BCUT2D eigenvalue weighted by molar-refractivity contribution is -0.146. The molecule has 6 rings (SSSR count). The van der Waals surface area contributed by atoms with Crippen LogP contribution in [-0.4, -0.2) is 136 Å². The van der Waals surface area contributed by atoms with E-state index in [1.807, 2.05) is 51.2 Å². The average Bonchev–Trinajstić information content (AvgIpc) is 3.66. The van der Waals surface area contributed by atoms with Gasteiger partial charge in [-0.2, -0.15) is 0 Å². The lowest BCUT2D eigenvalue weighted by Gasteiger charge is -2.45. The number of hydrogen-bond acceptors (Lipinski definition) is 10. The predicted octanol–water partition coefficient (Wildman–Crippen LogP) is 5.75. The van der Waals surface area contributed by atoms with Crippen molar-refractivity contribution in [3.05, 3.63) is 81.6 Å². The van der Waals surface area contributed by atoms with Crippen molar-refractivity contribution in [2.45, 2.75) is 43.4 Å². The number of rotatable bonds is 13. The number of esters is 1. The van der Waals surface area contributed by atoms with E-state index < -0.39 is 5.41 Å². The molecule has 0 N–H and O–H groups in total. The fourth-order valence-corrected chi connectivity index (χ4v) is 8.74. The number of pyridine rings is 1. The largest absolute Gasteiger partial charge is 0.493 e. The van der Waals surface area contributed by atoms with Gasteiger partial charge in [0.1, 0.15) is 0 Å². The van der Waals surface area contributed by atoms with Crippen LogP contribution in [0.25, 0.3) is 0 Å². The molecule has 0 spiro atoms. The lowest BCUT2D eigenvalue weighted by Crippen LogP contribution is -2.58. The van der Waals surface area contributed by atoms with Crippen LogP contribution in [0.1, 0.15) is 54.1 Å². The molecule has 56 heavy (non-hydrogen) atoms. The van der Waals surface area contributed by atoms with Gasteiger partial charge in [-0.25, -0.2) is 0 Å². The first-order chi connectivity index (χ1) is 26.6. The van der Waals surface area contributed by atoms with E-state index in [1.165, 1.54) is 21.3 Å². The molecule has 3 fully saturated rings. The molecule has 1 aromatic heterocycles. The zero-order chi connectivity index (χ0) is 39.2. The highest BCUT2D eigenvalue weighted by atomic mass is 35.5. The number of methoxy groups -OCH3 is 3. The van der Waals surface area contributed by atoms with Crippen LogP contribution in [0.15, 0.2) is 54.9 Å². The molecular weight excluding hydrogens is 781 g/mol. The fourth-order valence-electron chi connectivity index (χ4n) is 8.45. The molecule has 0 aliphatic carbocycles. The van der Waals surface area contributed by atoms with Crippen molar-refractivity contribution >= 4 is 53.4 Å². The number of amides is 2. The van der Waals surface area contributed by atoms with Crippen molar-refractivity contribution in [1.29, 1.82) is 0 Å². The van der Waals surface area contributed by atoms with Crippen LogP contribution in [0.4, 0.5) is 0 Å². The molecule has 1 atom stereocenters. The second-order valence-electron chi connectivity index (χ2n) is 14.6. The highest BCUT2D eigenvalue weighted by Gasteiger charge is 2.47. The number of carbonyl (C=O) groups excluding carboxylic acids is 3. The molecule has 0 radical (unpaired) electrons. The first kappa shape index (κ1) is 43.3. The smallest absolute Gasteiger partial charge is 0.320 e. The van der Waals surface area contributed by atoms with Gasteiger partial charge in [-0.3, -0.25) is 24.3 Å². The Morgan fingerprint density at radius 2 is 1.48 bits per heavy atom. The van der Waals surface area contributed by atoms with E-state index in [9.17, 15) is 14.4 Å². The van der Waals surface area contributed by atoms with E-state index in [-0.39, 0.29) is 42.2 Å². The molecule has 2 aromatic carbocycles. The number of piperidine rings is 1. The number of hydrogen-bond donors (Lipinski definition) is 0. The Kier molecular flexibility index (Phi) is 14.8. The average molecular weight is 833 g/mol. The molecular formula is C41H52Cl3N5O7. The Bertz CT molecular complexity index is 1810. The van der Waals surface area contributed by atoms with Crippen LogP contribution in [0, 0.1) is 0 Å². The van der Waals surface area contributed by atoms with Gasteiger partial charge < -0.3 is 33.6 Å². The lowest BCUT2D eigenvalue weighted by atomic mass is 9.71. The molecule has 0 bridgehead atoms. The zero-order valence-corrected chi connectivity index (χ0v) is 34.9. The second-order valence-corrected chi connectivity index (χ2v) is 15.4. The summed E-state index contributed by atoms with van der Waals surface area (Å²) in [6.07, 6.45) is 6.42. The topological polar surface area (TPSA) is 114 Å². The Morgan fingerprint density at radius 3 is 2.07 bits per heavy atom. The first-order valence-corrected chi connectivity index (χ1v) is 19.7. The molecule has 0 saturated carbocycles. The number of likely N-dealkylation sites (tertiary alicyclic amines) is 2. The predicted molar refractivity (Wildman–Crippen MR) is 218 cm³/mol. The molecule has 15 heteroatoms. The Labute approximate surface area is 345 Å². The first-order valence-electron chi connectivity index (χ1n) is 18.9. The highest BCUT2D eigenvalue weighted by molar-refractivity contribution is 6.42. The van der Waals surface area contributed by atoms with Crippen LogP contribution in [0.2, 0.25) is 10.0 Å². The van der Waals surface area contributed by atoms with E-state index >= 15 is 0 Å². The molecule has 3 aromatic rings. The van der Waals surface area contributed by atoms with Crippen molar-refractivity contribution in [2.75, 3.05) is 93.4 Å². The molecule has 12 nitrogen and oxygen atoms in total. The number of piperazine rings is 1. The summed E-state index contributed by atoms with van der Waals surface area (Å²) >= 11 is 13.0. The molecule has 3 aliphatic heterocycles. The summed E-state index contributed by atoms with van der Waals surface area (Å²) in [6.45, 7) is 8.04. The van der Waals surface area contributed by atoms with Gasteiger partial charge in [0, 0.05) is 62.6 Å². The van der Waals surface area contributed by atoms with Gasteiger partial charge in [0.15, 0.2) is 11.5 Å². The number of ether oxygens (including phenoxy) is 4. The maximum absolute atomic E-state index is 14.5. The van der Waals surface area contributed by atoms with E-state index in [0.717, 1.165) is 43.6 Å². The fraction of sp³-hybridized carbons (Fsp3) is 0.512. The maximum atomic E-state index is 14.5. The molecule has 304 valence electrons. The van der Waals surface area contributed by atoms with E-state index in [4.69, 9.17) is 42.1 Å². The van der Waals surface area contributed by atoms with E-state index in [0.29, 0.717) is 91.6 Å². The van der Waals surface area contributed by atoms with Crippen LogP contribution >= 0.6 is 35.6 Å². The van der Waals surface area contributed by atoms with E-state index in [2.05, 4.69) is 9.88 Å². The van der Waals surface area contributed by atoms with Crippen LogP contribution in [0.5, 0.6) is 17.2 Å². The number of halogens is 3. The normalized spacial score (nSPS) is 19.9. The van der Waals surface area contributed by atoms with Crippen LogP contribution < -0.4 is 14.2 Å². The third-order valence-corrected chi connectivity index (χ3v) is 12.4. The van der Waals surface area contributed by atoms with Gasteiger partial charge in [0.25, 0.3) is 5.91 Å². The summed E-state index contributed by atoms with van der Waals surface area (Å²) in [4.78, 5) is 53.4. The Hall–Kier alpha value is -3.81. The minimum atomic E-state index is -0.688. The summed E-state index contributed by atoms with van der Waals surface area (Å²) < 4.78 is 21.7. The summed E-state index contributed by atoms with van der Waals surface area (Å²) in [5.41, 5.74) is 1.37.